The molecule has 1 saturated heterocycles. The Labute approximate surface area is 145 Å². The minimum Gasteiger partial charge on any atom is -0.385 e. The van der Waals surface area contributed by atoms with Crippen LogP contribution in [0.2, 0.25) is 5.02 Å². The van der Waals surface area contributed by atoms with Crippen molar-refractivity contribution in [1.82, 2.24) is 24.4 Å². The highest BCUT2D eigenvalue weighted by Crippen LogP contribution is 2.29. The Morgan fingerprint density at radius 1 is 1.46 bits per heavy atom. The van der Waals surface area contributed by atoms with E-state index >= 15 is 0 Å². The van der Waals surface area contributed by atoms with Crippen LogP contribution in [0, 0.1) is 12.8 Å². The summed E-state index contributed by atoms with van der Waals surface area (Å²) in [5.74, 6) is 0.835. The van der Waals surface area contributed by atoms with Crippen molar-refractivity contribution in [2.75, 3.05) is 13.1 Å². The number of carbonyl (C=O) groups excluding carboxylic acids is 1. The highest BCUT2D eigenvalue weighted by molar-refractivity contribution is 6.33. The number of hydrogen-bond acceptors (Lipinski definition) is 5. The number of aliphatic hydroxyl groups is 1. The molecule has 1 fully saturated rings. The predicted molar refractivity (Wildman–Crippen MR) is 88.6 cm³/mol. The monoisotopic (exact) mass is 349 g/mol. The Hall–Kier alpha value is -1.99. The number of likely N-dealkylation sites (tertiary alicyclic amines) is 1. The van der Waals surface area contributed by atoms with E-state index in [2.05, 4.69) is 15.0 Å². The van der Waals surface area contributed by atoms with Crippen molar-refractivity contribution in [2.24, 2.45) is 13.0 Å². The molecule has 1 aliphatic heterocycles. The number of carbonyl (C=O) groups is 1. The first kappa shape index (κ1) is 16.9. The third-order valence-electron chi connectivity index (χ3n) is 4.38. The van der Waals surface area contributed by atoms with Crippen molar-refractivity contribution in [2.45, 2.75) is 25.9 Å². The Morgan fingerprint density at radius 3 is 2.96 bits per heavy atom. The van der Waals surface area contributed by atoms with Crippen molar-refractivity contribution < 1.29 is 9.90 Å². The topological polar surface area (TPSA) is 84.1 Å². The van der Waals surface area contributed by atoms with Crippen LogP contribution in [0.4, 0.5) is 0 Å². The van der Waals surface area contributed by atoms with Crippen molar-refractivity contribution in [3.8, 4) is 0 Å². The highest BCUT2D eigenvalue weighted by Gasteiger charge is 2.32. The number of imidazole rings is 1. The van der Waals surface area contributed by atoms with E-state index in [0.717, 1.165) is 12.8 Å². The van der Waals surface area contributed by atoms with Gasteiger partial charge in [0.25, 0.3) is 5.91 Å². The highest BCUT2D eigenvalue weighted by atomic mass is 35.5. The second-order valence-electron chi connectivity index (χ2n) is 6.11. The fourth-order valence-corrected chi connectivity index (χ4v) is 3.25. The van der Waals surface area contributed by atoms with Gasteiger partial charge in [0, 0.05) is 38.4 Å². The van der Waals surface area contributed by atoms with Gasteiger partial charge in [-0.2, -0.15) is 0 Å². The largest absolute Gasteiger partial charge is 0.385 e. The summed E-state index contributed by atoms with van der Waals surface area (Å²) in [5.41, 5.74) is 0.219. The standard InChI is InChI=1S/C16H20ClN5O2/c1-10-19-8-12(17)13(20-10)16(24)22-6-3-4-11(9-22)14(23)15-18-5-7-21(15)2/h5,7-8,11,14,23H,3-4,6,9H2,1-2H3. The molecule has 2 aromatic heterocycles. The van der Waals surface area contributed by atoms with E-state index in [-0.39, 0.29) is 22.5 Å². The summed E-state index contributed by atoms with van der Waals surface area (Å²) < 4.78 is 1.80. The number of hydrogen-bond donors (Lipinski definition) is 1. The zero-order chi connectivity index (χ0) is 17.3. The molecule has 0 bridgehead atoms. The van der Waals surface area contributed by atoms with Crippen LogP contribution >= 0.6 is 11.6 Å². The third kappa shape index (κ3) is 3.27. The number of amides is 1. The maximum atomic E-state index is 12.7. The van der Waals surface area contributed by atoms with Crippen molar-refractivity contribution >= 4 is 17.5 Å². The molecule has 2 unspecified atom stereocenters. The van der Waals surface area contributed by atoms with Crippen LogP contribution in [0.15, 0.2) is 18.6 Å². The first-order valence-electron chi connectivity index (χ1n) is 7.91. The van der Waals surface area contributed by atoms with Crippen molar-refractivity contribution in [3.63, 3.8) is 0 Å². The minimum atomic E-state index is -0.705. The van der Waals surface area contributed by atoms with Crippen LogP contribution in [0.25, 0.3) is 0 Å². The van der Waals surface area contributed by atoms with Gasteiger partial charge >= 0.3 is 0 Å². The number of aliphatic hydroxyl groups excluding tert-OH is 1. The van der Waals surface area contributed by atoms with Gasteiger partial charge in [-0.15, -0.1) is 0 Å². The summed E-state index contributed by atoms with van der Waals surface area (Å²) in [7, 11) is 1.85. The van der Waals surface area contributed by atoms with Crippen LogP contribution in [-0.2, 0) is 7.05 Å². The third-order valence-corrected chi connectivity index (χ3v) is 4.66. The summed E-state index contributed by atoms with van der Waals surface area (Å²) in [6, 6.07) is 0. The second-order valence-corrected chi connectivity index (χ2v) is 6.52. The summed E-state index contributed by atoms with van der Waals surface area (Å²) in [6.45, 7) is 2.80. The van der Waals surface area contributed by atoms with E-state index in [4.69, 9.17) is 11.6 Å². The summed E-state index contributed by atoms with van der Waals surface area (Å²) in [5, 5.41) is 10.9. The van der Waals surface area contributed by atoms with Crippen molar-refractivity contribution in [3.05, 3.63) is 41.0 Å². The quantitative estimate of drug-likeness (QED) is 0.912. The van der Waals surface area contributed by atoms with Crippen LogP contribution in [0.3, 0.4) is 0 Å². The smallest absolute Gasteiger partial charge is 0.274 e. The molecule has 0 saturated carbocycles. The molecular formula is C16H20ClN5O2. The van der Waals surface area contributed by atoms with Crippen LogP contribution in [-0.4, -0.2) is 48.5 Å². The van der Waals surface area contributed by atoms with Gasteiger partial charge in [0.15, 0.2) is 5.69 Å². The molecule has 2 aromatic rings. The molecule has 1 aliphatic rings. The minimum absolute atomic E-state index is 0.0643. The lowest BCUT2D eigenvalue weighted by molar-refractivity contribution is 0.0355. The molecule has 24 heavy (non-hydrogen) atoms. The maximum Gasteiger partial charge on any atom is 0.274 e. The molecular weight excluding hydrogens is 330 g/mol. The lowest BCUT2D eigenvalue weighted by Gasteiger charge is -2.34. The summed E-state index contributed by atoms with van der Waals surface area (Å²) in [4.78, 5) is 26.8. The van der Waals surface area contributed by atoms with Crippen LogP contribution in [0.5, 0.6) is 0 Å². The summed E-state index contributed by atoms with van der Waals surface area (Å²) in [6.07, 6.45) is 5.86. The first-order valence-corrected chi connectivity index (χ1v) is 8.29. The summed E-state index contributed by atoms with van der Waals surface area (Å²) >= 11 is 6.08. The van der Waals surface area contributed by atoms with E-state index in [1.165, 1.54) is 6.20 Å². The van der Waals surface area contributed by atoms with Gasteiger partial charge in [-0.25, -0.2) is 15.0 Å². The Bertz CT molecular complexity index is 748. The molecule has 0 radical (unpaired) electrons. The molecule has 1 amide bonds. The lowest BCUT2D eigenvalue weighted by atomic mass is 9.91. The fourth-order valence-electron chi connectivity index (χ4n) is 3.08. The Kier molecular flexibility index (Phi) is 4.82. The number of rotatable bonds is 3. The molecule has 128 valence electrons. The normalized spacial score (nSPS) is 19.3. The molecule has 0 spiro atoms. The Balaban J connectivity index is 1.77. The SMILES string of the molecule is Cc1ncc(Cl)c(C(=O)N2CCCC(C(O)c3nccn3C)C2)n1. The van der Waals surface area contributed by atoms with Gasteiger partial charge in [-0.1, -0.05) is 11.6 Å². The predicted octanol–water partition coefficient (Wildman–Crippen LogP) is 1.76. The molecule has 0 aliphatic carbocycles. The molecule has 8 heteroatoms. The van der Waals surface area contributed by atoms with Gasteiger partial charge in [0.2, 0.25) is 0 Å². The van der Waals surface area contributed by atoms with E-state index in [1.807, 2.05) is 7.05 Å². The first-order chi connectivity index (χ1) is 11.5. The molecule has 3 heterocycles. The number of halogens is 1. The zero-order valence-electron chi connectivity index (χ0n) is 13.7. The number of aromatic nitrogens is 4. The van der Waals surface area contributed by atoms with E-state index in [0.29, 0.717) is 24.7 Å². The van der Waals surface area contributed by atoms with Crippen LogP contribution in [0.1, 0.15) is 41.1 Å². The molecule has 7 nitrogen and oxygen atoms in total. The maximum absolute atomic E-state index is 12.7. The van der Waals surface area contributed by atoms with E-state index in [9.17, 15) is 9.90 Å². The average Bonchev–Trinajstić information content (AvgIpc) is 3.02. The van der Waals surface area contributed by atoms with E-state index in [1.54, 1.807) is 28.8 Å². The molecule has 2 atom stereocenters. The van der Waals surface area contributed by atoms with Gasteiger partial charge in [-0.05, 0) is 19.8 Å². The van der Waals surface area contributed by atoms with Gasteiger partial charge in [0.1, 0.15) is 17.8 Å². The zero-order valence-corrected chi connectivity index (χ0v) is 14.4. The number of aryl methyl sites for hydroxylation is 2. The van der Waals surface area contributed by atoms with Crippen molar-refractivity contribution in [1.29, 1.82) is 0 Å². The molecule has 1 N–H and O–H groups in total. The number of piperidine rings is 1. The molecule has 0 aromatic carbocycles. The average molecular weight is 350 g/mol. The van der Waals surface area contributed by atoms with E-state index < -0.39 is 6.10 Å². The van der Waals surface area contributed by atoms with Gasteiger partial charge in [0.05, 0.1) is 11.2 Å². The van der Waals surface area contributed by atoms with Gasteiger partial charge in [-0.3, -0.25) is 4.79 Å². The molecule has 3 rings (SSSR count). The van der Waals surface area contributed by atoms with Crippen LogP contribution < -0.4 is 0 Å². The van der Waals surface area contributed by atoms with Gasteiger partial charge < -0.3 is 14.6 Å². The second kappa shape index (κ2) is 6.86. The Morgan fingerprint density at radius 2 is 2.25 bits per heavy atom. The lowest BCUT2D eigenvalue weighted by Crippen LogP contribution is -2.42. The fraction of sp³-hybridized carbons (Fsp3) is 0.500. The number of nitrogens with zero attached hydrogens (tertiary/aromatic N) is 5.